The Balaban J connectivity index is 0.000000141. The number of amides is 3. The molecule has 3 amide bonds. The van der Waals surface area contributed by atoms with Gasteiger partial charge in [-0.15, -0.1) is 0 Å². The van der Waals surface area contributed by atoms with Gasteiger partial charge in [0.25, 0.3) is 17.7 Å². The number of ketones is 1. The minimum Gasteiger partial charge on any atom is -0.508 e. The highest BCUT2D eigenvalue weighted by Gasteiger charge is 2.28. The quantitative estimate of drug-likeness (QED) is 0.0412. The molecule has 0 aromatic heterocycles. The lowest BCUT2D eigenvalue weighted by Crippen LogP contribution is -2.19. The summed E-state index contributed by atoms with van der Waals surface area (Å²) in [7, 11) is 8.03. The van der Waals surface area contributed by atoms with Gasteiger partial charge in [0.05, 0.1) is 41.1 Å². The van der Waals surface area contributed by atoms with E-state index in [1.807, 2.05) is 24.3 Å². The first-order valence-electron chi connectivity index (χ1n) is 42.3. The van der Waals surface area contributed by atoms with E-state index in [0.717, 1.165) is 201 Å². The minimum absolute atomic E-state index is 0.163. The molecule has 0 aliphatic heterocycles. The van der Waals surface area contributed by atoms with Gasteiger partial charge in [0, 0.05) is 39.3 Å². The average molecular weight is 1660 g/mol. The summed E-state index contributed by atoms with van der Waals surface area (Å²) in [5, 5.41) is 36.6. The van der Waals surface area contributed by atoms with Crippen LogP contribution in [-0.2, 0) is 99.4 Å². The Kier molecular flexibility index (Phi) is 33.2. The van der Waals surface area contributed by atoms with Gasteiger partial charge in [0.1, 0.15) is 57.7 Å². The lowest BCUT2D eigenvalue weighted by Gasteiger charge is -2.22. The monoisotopic (exact) mass is 1660 g/mol. The zero-order valence-corrected chi connectivity index (χ0v) is 70.5. The number of carboxylic acid groups (broad SMARTS) is 1. The smallest absolute Gasteiger partial charge is 0.343 e. The van der Waals surface area contributed by atoms with Gasteiger partial charge in [-0.05, 0) is 392 Å². The zero-order valence-electron chi connectivity index (χ0n) is 70.5. The van der Waals surface area contributed by atoms with Crippen LogP contribution in [0.5, 0.6) is 40.2 Å². The molecule has 10 aromatic carbocycles. The van der Waals surface area contributed by atoms with E-state index < -0.39 is 17.8 Å². The number of carboxylic acids is 1. The van der Waals surface area contributed by atoms with E-state index in [2.05, 4.69) is 45.0 Å². The largest absolute Gasteiger partial charge is 0.508 e. The standard InChI is InChI=1S/C20H20FNO4.C18H18FNO2.C17H16FNO2.C13H16O2.C12H14O3.C11H14O.C10H12O/c1-25-19(23)12-26-18-10-9-17(15-7-2-3-8-16(15)18)20(24)22-14-6-4-5-13(21)11-14;1-22-17-10-9-16(14-7-2-3-8-15(14)17)18(21)20-13-6-4-5-12(19)11-13;18-11-4-3-5-12(10-11)19-17(21)15-8-9-16(20)14-7-2-1-6-13(14)15;1-9(14)10-7-8-13(15-2)12-6-4-3-5-11(10)12;1-15-11-7-6-10(12(13)14)8-4-2-3-5-9(8)11;1-12-11-8-4-6-9-5-2-3-7-10(9)11;11-10-7-3-5-8-4-1-2-6-9(8)10/h4-6,9-11H,2-3,7-8,12H2,1H3,(H,22,24);4-6,9-11H,2-3,7-8H2,1H3,(H,20,21);3-5,8-10,20H,1-2,6-7H2,(H,19,21);7-8H,3-6H2,1-2H3;6-7H,2-5H2,1H3,(H,13,14);4,6,8H,2-3,5,7H2,1H3;3,5,7,11H,1-2,4,6H2. The Morgan fingerprint density at radius 2 is 0.607 bits per heavy atom. The van der Waals surface area contributed by atoms with E-state index in [-0.39, 0.29) is 47.5 Å². The van der Waals surface area contributed by atoms with Crippen LogP contribution in [0.2, 0.25) is 0 Å². The molecular weight excluding hydrogens is 1550 g/mol. The number of nitrogens with one attached hydrogen (secondary N) is 3. The number of aromatic hydroxyl groups is 2. The number of phenolic OH excluding ortho intramolecular Hbond substituents is 2. The van der Waals surface area contributed by atoms with Crippen molar-refractivity contribution in [2.75, 3.05) is 58.1 Å². The van der Waals surface area contributed by atoms with Crippen molar-refractivity contribution in [1.82, 2.24) is 0 Å². The predicted octanol–water partition coefficient (Wildman–Crippen LogP) is 21.0. The highest BCUT2D eigenvalue weighted by atomic mass is 19.1. The van der Waals surface area contributed by atoms with Gasteiger partial charge in [0.2, 0.25) is 0 Å². The number of esters is 1. The first-order chi connectivity index (χ1) is 59.2. The van der Waals surface area contributed by atoms with Crippen LogP contribution in [0.4, 0.5) is 30.2 Å². The zero-order chi connectivity index (χ0) is 86.6. The molecule has 0 atom stereocenters. The SMILES string of the molecule is COC(=O)COc1ccc(C(=O)Nc2cccc(F)c2)c2c1CCCC2.COc1ccc(C(=O)Nc2cccc(F)c2)c2c1CCCC2.COc1ccc(C(=O)O)c2c1CCCC2.COc1ccc(C(C)=O)c2c1CCCC2.COc1cccc2c1CCCC2.O=C(Nc1cccc(F)c1)c1ccc(O)c2c1CCCC2.Oc1cccc2c1CCCC2. The topological polar surface area (TPSA) is 255 Å². The maximum Gasteiger partial charge on any atom is 0.343 e. The summed E-state index contributed by atoms with van der Waals surface area (Å²) >= 11 is 0. The summed E-state index contributed by atoms with van der Waals surface area (Å²) in [5.74, 6) is 1.99. The number of aromatic carboxylic acids is 1. The number of carbonyl (C=O) groups is 6. The molecule has 0 saturated carbocycles. The molecule has 10 aromatic rings. The molecule has 0 unspecified atom stereocenters. The Bertz CT molecular complexity index is 5280. The molecule has 17 rings (SSSR count). The molecule has 7 aliphatic carbocycles. The van der Waals surface area contributed by atoms with Crippen LogP contribution in [0.15, 0.2) is 170 Å². The summed E-state index contributed by atoms with van der Waals surface area (Å²) in [6, 6.07) is 47.1. The predicted molar refractivity (Wildman–Crippen MR) is 469 cm³/mol. The molecule has 640 valence electrons. The molecule has 0 bridgehead atoms. The van der Waals surface area contributed by atoms with E-state index in [1.165, 1.54) is 128 Å². The van der Waals surface area contributed by atoms with Crippen LogP contribution in [0.1, 0.15) is 226 Å². The highest BCUT2D eigenvalue weighted by Crippen LogP contribution is 2.39. The molecule has 21 heteroatoms. The summed E-state index contributed by atoms with van der Waals surface area (Å²) in [6.45, 7) is 1.47. The van der Waals surface area contributed by atoms with E-state index in [0.29, 0.717) is 50.8 Å². The maximum absolute atomic E-state index is 13.3. The highest BCUT2D eigenvalue weighted by molar-refractivity contribution is 6.07. The van der Waals surface area contributed by atoms with Crippen molar-refractivity contribution in [3.8, 4) is 40.2 Å². The molecule has 7 aliphatic rings. The van der Waals surface area contributed by atoms with Crippen LogP contribution in [0.3, 0.4) is 0 Å². The van der Waals surface area contributed by atoms with Crippen LogP contribution in [0, 0.1) is 17.5 Å². The van der Waals surface area contributed by atoms with Crippen molar-refractivity contribution in [1.29, 1.82) is 0 Å². The first-order valence-corrected chi connectivity index (χ1v) is 42.3. The number of hydrogen-bond donors (Lipinski definition) is 6. The van der Waals surface area contributed by atoms with E-state index in [4.69, 9.17) is 28.8 Å². The Morgan fingerprint density at radius 3 is 1.00 bits per heavy atom. The van der Waals surface area contributed by atoms with Crippen molar-refractivity contribution in [2.24, 2.45) is 0 Å². The van der Waals surface area contributed by atoms with Gasteiger partial charge in [-0.3, -0.25) is 19.2 Å². The van der Waals surface area contributed by atoms with Crippen LogP contribution >= 0.6 is 0 Å². The van der Waals surface area contributed by atoms with E-state index in [9.17, 15) is 52.2 Å². The summed E-state index contributed by atoms with van der Waals surface area (Å²) in [4.78, 5) is 71.4. The number of halogens is 3. The molecule has 0 heterocycles. The van der Waals surface area contributed by atoms with Crippen LogP contribution in [-0.4, -0.2) is 92.9 Å². The third-order valence-corrected chi connectivity index (χ3v) is 23.2. The second-order valence-electron chi connectivity index (χ2n) is 31.1. The molecule has 18 nitrogen and oxygen atoms in total. The number of Topliss-reactive ketones (excluding diaryl/α,β-unsaturated/α-hetero) is 1. The van der Waals surface area contributed by atoms with Crippen LogP contribution < -0.4 is 39.6 Å². The second-order valence-corrected chi connectivity index (χ2v) is 31.1. The number of rotatable bonds is 15. The fraction of sp³-hybridized carbons (Fsp3) is 0.347. The molecule has 122 heavy (non-hydrogen) atoms. The fourth-order valence-electron chi connectivity index (χ4n) is 17.3. The average Bonchev–Trinajstić information content (AvgIpc) is 0.436. The van der Waals surface area contributed by atoms with Crippen molar-refractivity contribution < 1.29 is 85.7 Å². The van der Waals surface area contributed by atoms with E-state index >= 15 is 0 Å². The van der Waals surface area contributed by atoms with Gasteiger partial charge in [-0.2, -0.15) is 0 Å². The third kappa shape index (κ3) is 23.8. The number of anilines is 3. The number of hydrogen-bond acceptors (Lipinski definition) is 14. The van der Waals surface area contributed by atoms with Gasteiger partial charge >= 0.3 is 11.9 Å². The summed E-state index contributed by atoms with van der Waals surface area (Å²) in [6.07, 6.45) is 29.3. The van der Waals surface area contributed by atoms with Gasteiger partial charge in [-0.25, -0.2) is 22.8 Å². The van der Waals surface area contributed by atoms with Crippen molar-refractivity contribution in [3.05, 3.63) is 293 Å². The number of fused-ring (bicyclic) bond motifs is 7. The Morgan fingerprint density at radius 1 is 0.311 bits per heavy atom. The van der Waals surface area contributed by atoms with Gasteiger partial charge in [0.15, 0.2) is 12.4 Å². The van der Waals surface area contributed by atoms with Crippen molar-refractivity contribution in [3.63, 3.8) is 0 Å². The fourth-order valence-corrected chi connectivity index (χ4v) is 17.3. The normalized spacial score (nSPS) is 14.0. The van der Waals surface area contributed by atoms with Gasteiger partial charge < -0.3 is 59.7 Å². The second kappa shape index (κ2) is 44.8. The number of phenols is 2. The third-order valence-electron chi connectivity index (χ3n) is 23.2. The number of benzene rings is 10. The Labute approximate surface area is 712 Å². The molecule has 0 fully saturated rings. The number of carbonyl (C=O) groups excluding carboxylic acids is 5. The number of ether oxygens (including phenoxy) is 6. The van der Waals surface area contributed by atoms with Crippen molar-refractivity contribution in [2.45, 2.75) is 187 Å². The van der Waals surface area contributed by atoms with Crippen LogP contribution in [0.25, 0.3) is 0 Å². The summed E-state index contributed by atoms with van der Waals surface area (Å²) in [5.41, 5.74) is 20.2. The number of aryl methyl sites for hydroxylation is 2. The van der Waals surface area contributed by atoms with Gasteiger partial charge in [-0.1, -0.05) is 42.5 Å². The molecular formula is C101H110F3N3O15. The number of methoxy groups -OCH3 is 5. The first kappa shape index (κ1) is 90.4. The lowest BCUT2D eigenvalue weighted by atomic mass is 9.86. The minimum atomic E-state index is -0.837. The molecule has 0 radical (unpaired) electrons. The maximum atomic E-state index is 13.3. The molecule has 0 saturated heterocycles. The van der Waals surface area contributed by atoms with E-state index in [1.54, 1.807) is 120 Å². The van der Waals surface area contributed by atoms with Crippen molar-refractivity contribution >= 4 is 52.5 Å². The molecule has 0 spiro atoms. The Hall–Kier alpha value is -12.4. The molecule has 6 N–H and O–H groups in total. The summed E-state index contributed by atoms with van der Waals surface area (Å²) < 4.78 is 71.2. The lowest BCUT2D eigenvalue weighted by molar-refractivity contribution is -0.142.